The minimum absolute atomic E-state index is 0.179. The zero-order valence-electron chi connectivity index (χ0n) is 8.62. The third-order valence-electron chi connectivity index (χ3n) is 2.30. The molecule has 0 saturated carbocycles. The zero-order chi connectivity index (χ0) is 10.6. The summed E-state index contributed by atoms with van der Waals surface area (Å²) in [6, 6.07) is 0. The van der Waals surface area contributed by atoms with Crippen LogP contribution in [-0.4, -0.2) is 24.1 Å². The third kappa shape index (κ3) is 3.01. The van der Waals surface area contributed by atoms with Crippen molar-refractivity contribution in [1.82, 2.24) is 0 Å². The Kier molecular flexibility index (Phi) is 3.92. The third-order valence-corrected chi connectivity index (χ3v) is 2.30. The molecule has 4 heteroatoms. The lowest BCUT2D eigenvalue weighted by atomic mass is 10.1. The van der Waals surface area contributed by atoms with Gasteiger partial charge in [-0.1, -0.05) is 13.8 Å². The van der Waals surface area contributed by atoms with Crippen molar-refractivity contribution < 1.29 is 19.1 Å². The minimum atomic E-state index is -0.312. The van der Waals surface area contributed by atoms with Crippen molar-refractivity contribution in [2.75, 3.05) is 0 Å². The van der Waals surface area contributed by atoms with E-state index in [2.05, 4.69) is 0 Å². The minimum Gasteiger partial charge on any atom is -0.462 e. The molecule has 0 N–H and O–H groups in total. The van der Waals surface area contributed by atoms with Crippen molar-refractivity contribution in [2.24, 2.45) is 0 Å². The van der Waals surface area contributed by atoms with Crippen LogP contribution >= 0.6 is 0 Å². The van der Waals surface area contributed by atoms with E-state index in [1.54, 1.807) is 0 Å². The van der Waals surface area contributed by atoms with Gasteiger partial charge in [0.2, 0.25) is 0 Å². The van der Waals surface area contributed by atoms with E-state index >= 15 is 0 Å². The van der Waals surface area contributed by atoms with Crippen LogP contribution in [0.1, 0.15) is 39.5 Å². The SMILES string of the molecule is CCC1CC(=O)OC(CC)CC(=O)O1. The van der Waals surface area contributed by atoms with Gasteiger partial charge in [0.15, 0.2) is 0 Å². The standard InChI is InChI=1S/C10H16O4/c1-3-7-5-9(11)14-8(4-2)6-10(12)13-7/h7-8H,3-6H2,1-2H3. The fourth-order valence-electron chi connectivity index (χ4n) is 1.38. The Morgan fingerprint density at radius 1 is 1.00 bits per heavy atom. The molecule has 1 aliphatic rings. The lowest BCUT2D eigenvalue weighted by molar-refractivity contribution is -0.168. The molecule has 0 spiro atoms. The number of carbonyl (C=O) groups is 2. The zero-order valence-corrected chi connectivity index (χ0v) is 8.62. The van der Waals surface area contributed by atoms with E-state index < -0.39 is 0 Å². The lowest BCUT2D eigenvalue weighted by Gasteiger charge is -2.23. The molecule has 0 aromatic rings. The van der Waals surface area contributed by atoms with E-state index in [0.717, 1.165) is 0 Å². The Morgan fingerprint density at radius 3 is 1.64 bits per heavy atom. The molecule has 0 radical (unpaired) electrons. The molecular formula is C10H16O4. The molecule has 1 heterocycles. The van der Waals surface area contributed by atoms with Gasteiger partial charge < -0.3 is 9.47 Å². The Balaban J connectivity index is 2.60. The first-order valence-electron chi connectivity index (χ1n) is 5.04. The molecule has 2 atom stereocenters. The van der Waals surface area contributed by atoms with Gasteiger partial charge in [-0.3, -0.25) is 9.59 Å². The molecule has 1 rings (SSSR count). The molecule has 0 aromatic heterocycles. The number of rotatable bonds is 2. The van der Waals surface area contributed by atoms with Gasteiger partial charge in [0.05, 0.1) is 12.8 Å². The van der Waals surface area contributed by atoms with Gasteiger partial charge in [-0.15, -0.1) is 0 Å². The Labute approximate surface area is 83.6 Å². The summed E-state index contributed by atoms with van der Waals surface area (Å²) in [5.74, 6) is -0.535. The predicted octanol–water partition coefficient (Wildman–Crippen LogP) is 1.42. The van der Waals surface area contributed by atoms with Crippen molar-refractivity contribution >= 4 is 11.9 Å². The van der Waals surface area contributed by atoms with Gasteiger partial charge in [0.1, 0.15) is 12.2 Å². The van der Waals surface area contributed by atoms with Crippen molar-refractivity contribution in [3.63, 3.8) is 0 Å². The van der Waals surface area contributed by atoms with E-state index in [9.17, 15) is 9.59 Å². The molecule has 0 bridgehead atoms. The van der Waals surface area contributed by atoms with E-state index in [1.807, 2.05) is 13.8 Å². The fourth-order valence-corrected chi connectivity index (χ4v) is 1.38. The first-order chi connectivity index (χ1) is 6.65. The topological polar surface area (TPSA) is 52.6 Å². The predicted molar refractivity (Wildman–Crippen MR) is 49.6 cm³/mol. The van der Waals surface area contributed by atoms with Crippen LogP contribution in [-0.2, 0) is 19.1 Å². The second-order valence-electron chi connectivity index (χ2n) is 3.45. The fraction of sp³-hybridized carbons (Fsp3) is 0.800. The molecule has 1 saturated heterocycles. The smallest absolute Gasteiger partial charge is 0.309 e. The Bertz CT molecular complexity index is 184. The van der Waals surface area contributed by atoms with Gasteiger partial charge >= 0.3 is 11.9 Å². The van der Waals surface area contributed by atoms with Gasteiger partial charge in [0, 0.05) is 0 Å². The van der Waals surface area contributed by atoms with Crippen LogP contribution in [0, 0.1) is 0 Å². The molecule has 0 aromatic carbocycles. The molecular weight excluding hydrogens is 184 g/mol. The number of esters is 2. The van der Waals surface area contributed by atoms with Gasteiger partial charge in [-0.25, -0.2) is 0 Å². The molecule has 0 amide bonds. The van der Waals surface area contributed by atoms with Gasteiger partial charge in [-0.2, -0.15) is 0 Å². The van der Waals surface area contributed by atoms with E-state index in [1.165, 1.54) is 0 Å². The van der Waals surface area contributed by atoms with Crippen LogP contribution in [0.25, 0.3) is 0 Å². The molecule has 14 heavy (non-hydrogen) atoms. The summed E-state index contributed by atoms with van der Waals surface area (Å²) in [5.41, 5.74) is 0. The van der Waals surface area contributed by atoms with Crippen LogP contribution < -0.4 is 0 Å². The second-order valence-corrected chi connectivity index (χ2v) is 3.45. The summed E-state index contributed by atoms with van der Waals surface area (Å²) in [7, 11) is 0. The highest BCUT2D eigenvalue weighted by Crippen LogP contribution is 2.15. The maximum atomic E-state index is 11.3. The summed E-state index contributed by atoms with van der Waals surface area (Å²) in [6.07, 6.45) is 1.04. The summed E-state index contributed by atoms with van der Waals surface area (Å²) < 4.78 is 10.2. The molecule has 0 aliphatic carbocycles. The van der Waals surface area contributed by atoms with Gasteiger partial charge in [-0.05, 0) is 12.8 Å². The van der Waals surface area contributed by atoms with Crippen LogP contribution in [0.2, 0.25) is 0 Å². The summed E-state index contributed by atoms with van der Waals surface area (Å²) in [6.45, 7) is 3.76. The number of hydrogen-bond donors (Lipinski definition) is 0. The molecule has 1 fully saturated rings. The van der Waals surface area contributed by atoms with Crippen molar-refractivity contribution in [3.05, 3.63) is 0 Å². The van der Waals surface area contributed by atoms with Crippen LogP contribution in [0.5, 0.6) is 0 Å². The quantitative estimate of drug-likeness (QED) is 0.633. The Hall–Kier alpha value is -1.06. The second kappa shape index (κ2) is 4.98. The van der Waals surface area contributed by atoms with Crippen molar-refractivity contribution in [3.8, 4) is 0 Å². The lowest BCUT2D eigenvalue weighted by Crippen LogP contribution is -2.31. The van der Waals surface area contributed by atoms with Crippen molar-refractivity contribution in [2.45, 2.75) is 51.7 Å². The highest BCUT2D eigenvalue weighted by Gasteiger charge is 2.26. The molecule has 80 valence electrons. The number of ether oxygens (including phenoxy) is 2. The molecule has 4 nitrogen and oxygen atoms in total. The Morgan fingerprint density at radius 2 is 1.36 bits per heavy atom. The first kappa shape index (κ1) is 11.0. The number of hydrogen-bond acceptors (Lipinski definition) is 4. The van der Waals surface area contributed by atoms with E-state index in [0.29, 0.717) is 12.8 Å². The van der Waals surface area contributed by atoms with Crippen molar-refractivity contribution in [1.29, 1.82) is 0 Å². The molecule has 2 unspecified atom stereocenters. The average molecular weight is 200 g/mol. The summed E-state index contributed by atoms with van der Waals surface area (Å²) in [4.78, 5) is 22.5. The largest absolute Gasteiger partial charge is 0.462 e. The number of cyclic esters (lactones) is 2. The van der Waals surface area contributed by atoms with Gasteiger partial charge in [0.25, 0.3) is 0 Å². The van der Waals surface area contributed by atoms with Crippen LogP contribution in [0.3, 0.4) is 0 Å². The van der Waals surface area contributed by atoms with E-state index in [4.69, 9.17) is 9.47 Å². The maximum absolute atomic E-state index is 11.3. The average Bonchev–Trinajstić information content (AvgIpc) is 2.13. The highest BCUT2D eigenvalue weighted by atomic mass is 16.6. The summed E-state index contributed by atoms with van der Waals surface area (Å²) in [5, 5.41) is 0. The van der Waals surface area contributed by atoms with Crippen LogP contribution in [0.4, 0.5) is 0 Å². The monoisotopic (exact) mass is 200 g/mol. The highest BCUT2D eigenvalue weighted by molar-refractivity contribution is 5.75. The maximum Gasteiger partial charge on any atom is 0.309 e. The number of carbonyl (C=O) groups excluding carboxylic acids is 2. The summed E-state index contributed by atoms with van der Waals surface area (Å²) >= 11 is 0. The normalized spacial score (nSPS) is 28.7. The van der Waals surface area contributed by atoms with E-state index in [-0.39, 0.29) is 37.0 Å². The van der Waals surface area contributed by atoms with Crippen LogP contribution in [0.15, 0.2) is 0 Å². The first-order valence-corrected chi connectivity index (χ1v) is 5.04. The molecule has 1 aliphatic heterocycles.